The zero-order chi connectivity index (χ0) is 35.1. The molecule has 0 aromatic heterocycles. The number of esters is 1. The van der Waals surface area contributed by atoms with Gasteiger partial charge in [0.2, 0.25) is 0 Å². The maximum absolute atomic E-state index is 12.2. The fourth-order valence-corrected chi connectivity index (χ4v) is 6.14. The third kappa shape index (κ3) is 10.7. The highest BCUT2D eigenvalue weighted by molar-refractivity contribution is 5.88. The normalized spacial score (nSPS) is 18.2. The van der Waals surface area contributed by atoms with E-state index in [9.17, 15) is 15.0 Å². The van der Waals surface area contributed by atoms with Crippen LogP contribution in [0.5, 0.6) is 17.2 Å². The SMILES string of the molecule is CCC(COC1CNCC(OCc2cc(O)c3ccccc3c2)C1c1ccc(OCCCOCc2ccccc2O)cc1)OC(=O)CCCO. The van der Waals surface area contributed by atoms with Crippen molar-refractivity contribution in [2.45, 2.75) is 70.1 Å². The Morgan fingerprint density at radius 1 is 0.860 bits per heavy atom. The minimum atomic E-state index is -0.401. The van der Waals surface area contributed by atoms with Gasteiger partial charge in [-0.1, -0.05) is 61.5 Å². The first kappa shape index (κ1) is 37.1. The molecule has 0 amide bonds. The number of aromatic hydroxyl groups is 2. The van der Waals surface area contributed by atoms with Gasteiger partial charge >= 0.3 is 5.97 Å². The van der Waals surface area contributed by atoms with E-state index < -0.39 is 6.10 Å². The Labute approximate surface area is 293 Å². The molecular formula is C40H49NO9. The van der Waals surface area contributed by atoms with Gasteiger partial charge < -0.3 is 44.3 Å². The fraction of sp³-hybridized carbons (Fsp3) is 0.425. The van der Waals surface area contributed by atoms with Crippen molar-refractivity contribution in [3.05, 3.63) is 102 Å². The number of nitrogens with one attached hydrogen (secondary N) is 1. The first-order valence-corrected chi connectivity index (χ1v) is 17.5. The Kier molecular flexibility index (Phi) is 14.3. The lowest BCUT2D eigenvalue weighted by molar-refractivity contribution is -0.155. The highest BCUT2D eigenvalue weighted by Gasteiger charge is 2.36. The lowest BCUT2D eigenvalue weighted by Gasteiger charge is -2.39. The minimum absolute atomic E-state index is 0.0584. The molecule has 4 unspecified atom stereocenters. The lowest BCUT2D eigenvalue weighted by atomic mass is 9.85. The van der Waals surface area contributed by atoms with Gasteiger partial charge in [0, 0.05) is 49.4 Å². The van der Waals surface area contributed by atoms with Gasteiger partial charge in [-0.15, -0.1) is 0 Å². The predicted molar refractivity (Wildman–Crippen MR) is 190 cm³/mol. The van der Waals surface area contributed by atoms with Gasteiger partial charge in [0.1, 0.15) is 23.4 Å². The minimum Gasteiger partial charge on any atom is -0.508 e. The zero-order valence-electron chi connectivity index (χ0n) is 28.7. The summed E-state index contributed by atoms with van der Waals surface area (Å²) in [6, 6.07) is 26.6. The Morgan fingerprint density at radius 3 is 2.40 bits per heavy atom. The van der Waals surface area contributed by atoms with E-state index >= 15 is 0 Å². The predicted octanol–water partition coefficient (Wildman–Crippen LogP) is 5.99. The largest absolute Gasteiger partial charge is 0.508 e. The Bertz CT molecular complexity index is 1630. The van der Waals surface area contributed by atoms with Crippen molar-refractivity contribution in [1.29, 1.82) is 0 Å². The molecular weight excluding hydrogens is 638 g/mol. The summed E-state index contributed by atoms with van der Waals surface area (Å²) in [5.74, 6) is 0.715. The molecule has 0 bridgehead atoms. The van der Waals surface area contributed by atoms with Crippen LogP contribution in [-0.2, 0) is 37.0 Å². The van der Waals surface area contributed by atoms with Gasteiger partial charge in [-0.3, -0.25) is 4.79 Å². The second-order valence-corrected chi connectivity index (χ2v) is 12.5. The molecule has 0 radical (unpaired) electrons. The van der Waals surface area contributed by atoms with Gasteiger partial charge in [-0.25, -0.2) is 0 Å². The molecule has 10 nitrogen and oxygen atoms in total. The molecule has 0 aliphatic carbocycles. The van der Waals surface area contributed by atoms with Crippen LogP contribution in [0.1, 0.15) is 55.2 Å². The van der Waals surface area contributed by atoms with Crippen molar-refractivity contribution in [1.82, 2.24) is 5.32 Å². The Hall–Kier alpha value is -4.19. The second kappa shape index (κ2) is 19.3. The van der Waals surface area contributed by atoms with Crippen LogP contribution in [0.2, 0.25) is 0 Å². The summed E-state index contributed by atoms with van der Waals surface area (Å²) in [5, 5.41) is 34.8. The number of aliphatic hydroxyl groups excluding tert-OH is 1. The first-order chi connectivity index (χ1) is 24.4. The number of hydrogen-bond acceptors (Lipinski definition) is 10. The lowest BCUT2D eigenvalue weighted by Crippen LogP contribution is -2.51. The molecule has 4 aromatic carbocycles. The molecule has 1 aliphatic rings. The highest BCUT2D eigenvalue weighted by Crippen LogP contribution is 2.33. The van der Waals surface area contributed by atoms with Crippen molar-refractivity contribution in [2.24, 2.45) is 0 Å². The molecule has 5 rings (SSSR count). The van der Waals surface area contributed by atoms with Gasteiger partial charge in [0.15, 0.2) is 0 Å². The number of para-hydroxylation sites is 1. The van der Waals surface area contributed by atoms with Crippen LogP contribution < -0.4 is 10.1 Å². The molecule has 0 spiro atoms. The molecule has 1 aliphatic heterocycles. The van der Waals surface area contributed by atoms with E-state index in [0.29, 0.717) is 58.8 Å². The summed E-state index contributed by atoms with van der Waals surface area (Å²) in [7, 11) is 0. The van der Waals surface area contributed by atoms with Crippen molar-refractivity contribution < 1.29 is 43.8 Å². The van der Waals surface area contributed by atoms with E-state index in [1.54, 1.807) is 18.2 Å². The zero-order valence-corrected chi connectivity index (χ0v) is 28.7. The number of fused-ring (bicyclic) bond motifs is 1. The van der Waals surface area contributed by atoms with E-state index in [1.165, 1.54) is 0 Å². The van der Waals surface area contributed by atoms with E-state index in [0.717, 1.165) is 33.2 Å². The molecule has 1 fully saturated rings. The van der Waals surface area contributed by atoms with Crippen LogP contribution in [0.4, 0.5) is 0 Å². The first-order valence-electron chi connectivity index (χ1n) is 17.5. The number of hydrogen-bond donors (Lipinski definition) is 4. The third-order valence-corrected chi connectivity index (χ3v) is 8.86. The number of carbonyl (C=O) groups excluding carboxylic acids is 1. The van der Waals surface area contributed by atoms with Gasteiger partial charge in [-0.2, -0.15) is 0 Å². The smallest absolute Gasteiger partial charge is 0.306 e. The van der Waals surface area contributed by atoms with E-state index in [1.807, 2.05) is 73.7 Å². The number of aliphatic hydroxyl groups is 1. The molecule has 0 saturated carbocycles. The van der Waals surface area contributed by atoms with Crippen LogP contribution in [0.25, 0.3) is 10.8 Å². The maximum Gasteiger partial charge on any atom is 0.306 e. The number of phenols is 2. The van der Waals surface area contributed by atoms with E-state index in [-0.39, 0.29) is 55.2 Å². The quantitative estimate of drug-likeness (QED) is 0.0688. The van der Waals surface area contributed by atoms with Gasteiger partial charge in [0.25, 0.3) is 0 Å². The van der Waals surface area contributed by atoms with Crippen molar-refractivity contribution in [3.63, 3.8) is 0 Å². The van der Waals surface area contributed by atoms with Crippen molar-refractivity contribution in [2.75, 3.05) is 39.5 Å². The molecule has 50 heavy (non-hydrogen) atoms. The fourth-order valence-electron chi connectivity index (χ4n) is 6.14. The van der Waals surface area contributed by atoms with E-state index in [4.69, 9.17) is 28.8 Å². The summed E-state index contributed by atoms with van der Waals surface area (Å²) < 4.78 is 30.4. The molecule has 4 aromatic rings. The van der Waals surface area contributed by atoms with Crippen molar-refractivity contribution >= 4 is 16.7 Å². The van der Waals surface area contributed by atoms with Crippen LogP contribution in [0, 0.1) is 0 Å². The molecule has 268 valence electrons. The summed E-state index contributed by atoms with van der Waals surface area (Å²) in [6.45, 7) is 4.97. The molecule has 4 N–H and O–H groups in total. The number of piperidine rings is 1. The second-order valence-electron chi connectivity index (χ2n) is 12.5. The van der Waals surface area contributed by atoms with Gasteiger partial charge in [-0.05, 0) is 59.7 Å². The Balaban J connectivity index is 1.22. The number of phenolic OH excluding ortho intramolecular Hbond substituents is 2. The van der Waals surface area contributed by atoms with Crippen LogP contribution in [0.3, 0.4) is 0 Å². The molecule has 4 atom stereocenters. The number of rotatable bonds is 19. The van der Waals surface area contributed by atoms with Crippen LogP contribution >= 0.6 is 0 Å². The van der Waals surface area contributed by atoms with Gasteiger partial charge in [0.05, 0.1) is 45.2 Å². The summed E-state index contributed by atoms with van der Waals surface area (Å²) in [6.07, 6.45) is 0.920. The number of benzene rings is 4. The molecule has 1 saturated heterocycles. The van der Waals surface area contributed by atoms with Crippen LogP contribution in [-0.4, -0.2) is 79.1 Å². The molecule has 10 heteroatoms. The number of carbonyl (C=O) groups is 1. The highest BCUT2D eigenvalue weighted by atomic mass is 16.6. The summed E-state index contributed by atoms with van der Waals surface area (Å²) in [5.41, 5.74) is 2.66. The average Bonchev–Trinajstić information content (AvgIpc) is 3.14. The van der Waals surface area contributed by atoms with Crippen molar-refractivity contribution in [3.8, 4) is 17.2 Å². The average molecular weight is 688 g/mol. The van der Waals surface area contributed by atoms with E-state index in [2.05, 4.69) is 5.32 Å². The third-order valence-electron chi connectivity index (χ3n) is 8.86. The number of ether oxygens (including phenoxy) is 5. The summed E-state index contributed by atoms with van der Waals surface area (Å²) >= 11 is 0. The molecule has 1 heterocycles. The maximum atomic E-state index is 12.2. The topological polar surface area (TPSA) is 136 Å². The summed E-state index contributed by atoms with van der Waals surface area (Å²) in [4.78, 5) is 12.2. The van der Waals surface area contributed by atoms with Crippen LogP contribution in [0.15, 0.2) is 84.9 Å². The Morgan fingerprint density at radius 2 is 1.62 bits per heavy atom. The standard InChI is InChI=1S/C40H49NO9/c1-2-32(50-39(45)13-7-18-42)27-49-38-24-41-23-37(48-25-28-21-30-9-3-5-11-34(30)36(44)22-28)40(38)29-14-16-33(17-15-29)47-20-8-19-46-26-31-10-4-6-12-35(31)43/h3-6,9-12,14-17,21-22,32,37-38,40-44H,2,7-8,13,18-20,23-27H2,1H3. The monoisotopic (exact) mass is 687 g/mol.